The molecular formula is C11H12F3NO2. The minimum atomic E-state index is -1.61. The minimum absolute atomic E-state index is 0.283. The smallest absolute Gasteiger partial charge is 0.254 e. The summed E-state index contributed by atoms with van der Waals surface area (Å²) in [5.74, 6) is -5.14. The summed E-state index contributed by atoms with van der Waals surface area (Å²) in [6.07, 6.45) is 0. The average molecular weight is 247 g/mol. The topological polar surface area (TPSA) is 40.5 Å². The summed E-state index contributed by atoms with van der Waals surface area (Å²) < 4.78 is 38.5. The number of carbonyl (C=O) groups is 1. The van der Waals surface area contributed by atoms with Crippen LogP contribution >= 0.6 is 0 Å². The zero-order valence-corrected chi connectivity index (χ0v) is 9.38. The predicted octanol–water partition coefficient (Wildman–Crippen LogP) is 1.56. The molecule has 94 valence electrons. The lowest BCUT2D eigenvalue weighted by atomic mass is 10.1. The molecule has 6 heteroatoms. The summed E-state index contributed by atoms with van der Waals surface area (Å²) in [7, 11) is 1.38. The SMILES string of the molecule is CC(CO)N(C)C(=O)c1cc(F)c(F)c(F)c1. The second-order valence-corrected chi connectivity index (χ2v) is 3.70. The third kappa shape index (κ3) is 2.76. The Balaban J connectivity index is 3.05. The highest BCUT2D eigenvalue weighted by atomic mass is 19.2. The van der Waals surface area contributed by atoms with Crippen molar-refractivity contribution in [3.63, 3.8) is 0 Å². The van der Waals surface area contributed by atoms with E-state index in [0.29, 0.717) is 12.1 Å². The molecule has 1 N–H and O–H groups in total. The lowest BCUT2D eigenvalue weighted by molar-refractivity contribution is 0.0681. The maximum absolute atomic E-state index is 12.9. The molecule has 0 aromatic heterocycles. The summed E-state index contributed by atoms with van der Waals surface area (Å²) >= 11 is 0. The number of likely N-dealkylation sites (N-methyl/N-ethyl adjacent to an activating group) is 1. The summed E-state index contributed by atoms with van der Waals surface area (Å²) in [5, 5.41) is 8.85. The van der Waals surface area contributed by atoms with Crippen LogP contribution in [0.5, 0.6) is 0 Å². The quantitative estimate of drug-likeness (QED) is 0.823. The van der Waals surface area contributed by atoms with E-state index in [9.17, 15) is 18.0 Å². The van der Waals surface area contributed by atoms with Crippen molar-refractivity contribution in [3.05, 3.63) is 35.1 Å². The molecule has 1 atom stereocenters. The molecule has 0 saturated heterocycles. The van der Waals surface area contributed by atoms with Crippen LogP contribution in [0.4, 0.5) is 13.2 Å². The van der Waals surface area contributed by atoms with Gasteiger partial charge in [0.2, 0.25) is 0 Å². The van der Waals surface area contributed by atoms with Gasteiger partial charge in [-0.1, -0.05) is 0 Å². The number of nitrogens with zero attached hydrogens (tertiary/aromatic N) is 1. The molecule has 1 aromatic rings. The predicted molar refractivity (Wildman–Crippen MR) is 55.0 cm³/mol. The molecule has 3 nitrogen and oxygen atoms in total. The third-order valence-corrected chi connectivity index (χ3v) is 2.48. The van der Waals surface area contributed by atoms with Gasteiger partial charge >= 0.3 is 0 Å². The largest absolute Gasteiger partial charge is 0.394 e. The Morgan fingerprint density at radius 2 is 1.82 bits per heavy atom. The second-order valence-electron chi connectivity index (χ2n) is 3.70. The van der Waals surface area contributed by atoms with E-state index in [1.54, 1.807) is 6.92 Å². The molecular weight excluding hydrogens is 235 g/mol. The van der Waals surface area contributed by atoms with Crippen molar-refractivity contribution in [1.82, 2.24) is 4.90 Å². The molecule has 0 fully saturated rings. The summed E-state index contributed by atoms with van der Waals surface area (Å²) in [5.41, 5.74) is -0.302. The van der Waals surface area contributed by atoms with Crippen LogP contribution in [0.2, 0.25) is 0 Å². The van der Waals surface area contributed by atoms with E-state index >= 15 is 0 Å². The van der Waals surface area contributed by atoms with E-state index in [-0.39, 0.29) is 12.2 Å². The lowest BCUT2D eigenvalue weighted by Gasteiger charge is -2.23. The van der Waals surface area contributed by atoms with E-state index in [1.807, 2.05) is 0 Å². The van der Waals surface area contributed by atoms with Crippen LogP contribution in [0.15, 0.2) is 12.1 Å². The van der Waals surface area contributed by atoms with Crippen molar-refractivity contribution < 1.29 is 23.1 Å². The Bertz CT molecular complexity index is 414. The minimum Gasteiger partial charge on any atom is -0.394 e. The van der Waals surface area contributed by atoms with Crippen LogP contribution in [0.25, 0.3) is 0 Å². The van der Waals surface area contributed by atoms with Gasteiger partial charge in [-0.25, -0.2) is 13.2 Å². The van der Waals surface area contributed by atoms with Crippen molar-refractivity contribution in [2.75, 3.05) is 13.7 Å². The fourth-order valence-electron chi connectivity index (χ4n) is 1.21. The Morgan fingerprint density at radius 3 is 2.24 bits per heavy atom. The number of rotatable bonds is 3. The number of aliphatic hydroxyl groups is 1. The van der Waals surface area contributed by atoms with Gasteiger partial charge in [-0.2, -0.15) is 0 Å². The molecule has 0 heterocycles. The van der Waals surface area contributed by atoms with Crippen LogP contribution in [0.3, 0.4) is 0 Å². The zero-order chi connectivity index (χ0) is 13.2. The van der Waals surface area contributed by atoms with Crippen molar-refractivity contribution in [1.29, 1.82) is 0 Å². The monoisotopic (exact) mass is 247 g/mol. The van der Waals surface area contributed by atoms with Gasteiger partial charge in [0.1, 0.15) is 0 Å². The molecule has 1 aromatic carbocycles. The molecule has 1 unspecified atom stereocenters. The first-order valence-electron chi connectivity index (χ1n) is 4.91. The molecule has 0 bridgehead atoms. The van der Waals surface area contributed by atoms with E-state index in [1.165, 1.54) is 7.05 Å². The molecule has 0 radical (unpaired) electrons. The number of hydrogen-bond donors (Lipinski definition) is 1. The van der Waals surface area contributed by atoms with Gasteiger partial charge in [0.15, 0.2) is 17.5 Å². The maximum Gasteiger partial charge on any atom is 0.254 e. The van der Waals surface area contributed by atoms with Gasteiger partial charge in [-0.3, -0.25) is 4.79 Å². The highest BCUT2D eigenvalue weighted by molar-refractivity contribution is 5.94. The van der Waals surface area contributed by atoms with E-state index in [4.69, 9.17) is 5.11 Å². The van der Waals surface area contributed by atoms with Crippen molar-refractivity contribution in [2.24, 2.45) is 0 Å². The molecule has 0 spiro atoms. The highest BCUT2D eigenvalue weighted by Crippen LogP contribution is 2.15. The van der Waals surface area contributed by atoms with Crippen molar-refractivity contribution in [2.45, 2.75) is 13.0 Å². The lowest BCUT2D eigenvalue weighted by Crippen LogP contribution is -2.37. The zero-order valence-electron chi connectivity index (χ0n) is 9.38. The van der Waals surface area contributed by atoms with Gasteiger partial charge < -0.3 is 10.0 Å². The fourth-order valence-corrected chi connectivity index (χ4v) is 1.21. The van der Waals surface area contributed by atoms with Crippen LogP contribution in [-0.2, 0) is 0 Å². The number of aliphatic hydroxyl groups excluding tert-OH is 1. The fraction of sp³-hybridized carbons (Fsp3) is 0.364. The first kappa shape index (κ1) is 13.5. The molecule has 0 saturated carbocycles. The van der Waals surface area contributed by atoms with Gasteiger partial charge in [-0.15, -0.1) is 0 Å². The standard InChI is InChI=1S/C11H12F3NO2/c1-6(5-16)15(2)11(17)7-3-8(12)10(14)9(13)4-7/h3-4,6,16H,5H2,1-2H3. The Kier molecular flexibility index (Phi) is 4.11. The summed E-state index contributed by atoms with van der Waals surface area (Å²) in [4.78, 5) is 12.8. The molecule has 0 aliphatic rings. The molecule has 1 rings (SSSR count). The van der Waals surface area contributed by atoms with Crippen LogP contribution < -0.4 is 0 Å². The summed E-state index contributed by atoms with van der Waals surface area (Å²) in [6, 6.07) is 0.751. The Morgan fingerprint density at radius 1 is 1.35 bits per heavy atom. The maximum atomic E-state index is 12.9. The number of amides is 1. The summed E-state index contributed by atoms with van der Waals surface area (Å²) in [6.45, 7) is 1.28. The van der Waals surface area contributed by atoms with Gasteiger partial charge in [0.05, 0.1) is 12.6 Å². The first-order valence-corrected chi connectivity index (χ1v) is 4.91. The van der Waals surface area contributed by atoms with E-state index in [2.05, 4.69) is 0 Å². The van der Waals surface area contributed by atoms with Gasteiger partial charge in [0.25, 0.3) is 5.91 Å². The molecule has 0 aliphatic heterocycles. The van der Waals surface area contributed by atoms with Crippen LogP contribution in [0, 0.1) is 17.5 Å². The molecule has 0 aliphatic carbocycles. The Hall–Kier alpha value is -1.56. The van der Waals surface area contributed by atoms with Crippen molar-refractivity contribution in [3.8, 4) is 0 Å². The molecule has 1 amide bonds. The third-order valence-electron chi connectivity index (χ3n) is 2.48. The first-order chi connectivity index (χ1) is 7.88. The average Bonchev–Trinajstić information content (AvgIpc) is 2.32. The highest BCUT2D eigenvalue weighted by Gasteiger charge is 2.20. The molecule has 17 heavy (non-hydrogen) atoms. The van der Waals surface area contributed by atoms with Crippen LogP contribution in [0.1, 0.15) is 17.3 Å². The van der Waals surface area contributed by atoms with E-state index < -0.39 is 29.4 Å². The van der Waals surface area contributed by atoms with Gasteiger partial charge in [0, 0.05) is 12.6 Å². The Labute approximate surface area is 96.5 Å². The number of benzene rings is 1. The van der Waals surface area contributed by atoms with E-state index in [0.717, 1.165) is 4.90 Å². The number of carbonyl (C=O) groups excluding carboxylic acids is 1. The number of halogens is 3. The van der Waals surface area contributed by atoms with Crippen LogP contribution in [-0.4, -0.2) is 35.6 Å². The normalized spacial score (nSPS) is 12.4. The van der Waals surface area contributed by atoms with Crippen molar-refractivity contribution >= 4 is 5.91 Å². The number of hydrogen-bond acceptors (Lipinski definition) is 2. The van der Waals surface area contributed by atoms with Gasteiger partial charge in [-0.05, 0) is 19.1 Å². The second kappa shape index (κ2) is 5.18.